The monoisotopic (exact) mass is 224 g/mol. The summed E-state index contributed by atoms with van der Waals surface area (Å²) in [7, 11) is 0. The van der Waals surface area contributed by atoms with Crippen molar-refractivity contribution in [3.63, 3.8) is 0 Å². The Balaban J connectivity index is 2.53. The highest BCUT2D eigenvalue weighted by atomic mass is 35.5. The molecule has 78 valence electrons. The summed E-state index contributed by atoms with van der Waals surface area (Å²) in [5.74, 6) is -0.494. The first-order valence-electron chi connectivity index (χ1n) is 4.53. The smallest absolute Gasteiger partial charge is 0.360 e. The number of nitrogens with zero attached hydrogens (tertiary/aromatic N) is 2. The molecule has 0 fully saturated rings. The van der Waals surface area contributed by atoms with Crippen LogP contribution in [-0.2, 0) is 4.74 Å². The lowest BCUT2D eigenvalue weighted by Crippen LogP contribution is -2.05. The number of ether oxygens (including phenoxy) is 1. The predicted octanol–water partition coefficient (Wildman–Crippen LogP) is 2.16. The summed E-state index contributed by atoms with van der Waals surface area (Å²) in [4.78, 5) is 15.5. The van der Waals surface area contributed by atoms with E-state index in [1.165, 1.54) is 0 Å². The number of halogens is 1. The molecule has 5 heteroatoms. The van der Waals surface area contributed by atoms with Crippen LogP contribution in [0.1, 0.15) is 17.4 Å². The van der Waals surface area contributed by atoms with Gasteiger partial charge >= 0.3 is 5.97 Å². The van der Waals surface area contributed by atoms with Crippen LogP contribution in [-0.4, -0.2) is 22.0 Å². The summed E-state index contributed by atoms with van der Waals surface area (Å²) >= 11 is 5.99. The van der Waals surface area contributed by atoms with Crippen molar-refractivity contribution < 1.29 is 9.53 Å². The molecular weight excluding hydrogens is 216 g/mol. The molecule has 0 aliphatic carbocycles. The highest BCUT2D eigenvalue weighted by Gasteiger charge is 2.17. The van der Waals surface area contributed by atoms with E-state index in [0.717, 1.165) is 0 Å². The van der Waals surface area contributed by atoms with Gasteiger partial charge in [0.2, 0.25) is 0 Å². The highest BCUT2D eigenvalue weighted by molar-refractivity contribution is 6.32. The van der Waals surface area contributed by atoms with E-state index >= 15 is 0 Å². The number of esters is 1. The van der Waals surface area contributed by atoms with Crippen LogP contribution in [0.15, 0.2) is 24.4 Å². The molecule has 0 bridgehead atoms. The molecule has 0 N–H and O–H groups in total. The molecule has 2 aromatic heterocycles. The Hall–Kier alpha value is -1.55. The van der Waals surface area contributed by atoms with Gasteiger partial charge in [-0.25, -0.2) is 9.78 Å². The summed E-state index contributed by atoms with van der Waals surface area (Å²) in [5.41, 5.74) is 0.787. The third-order valence-corrected chi connectivity index (χ3v) is 2.30. The van der Waals surface area contributed by atoms with Crippen LogP contribution in [0.25, 0.3) is 5.65 Å². The van der Waals surface area contributed by atoms with E-state index in [0.29, 0.717) is 12.3 Å². The number of hydrogen-bond donors (Lipinski definition) is 0. The van der Waals surface area contributed by atoms with Crippen LogP contribution < -0.4 is 0 Å². The zero-order valence-electron chi connectivity index (χ0n) is 8.11. The fraction of sp³-hybridized carbons (Fsp3) is 0.200. The quantitative estimate of drug-likeness (QED) is 0.735. The van der Waals surface area contributed by atoms with Crippen molar-refractivity contribution in [1.29, 1.82) is 0 Å². The zero-order valence-corrected chi connectivity index (χ0v) is 8.86. The average molecular weight is 225 g/mol. The predicted molar refractivity (Wildman–Crippen MR) is 56.2 cm³/mol. The lowest BCUT2D eigenvalue weighted by Gasteiger charge is -1.97. The van der Waals surface area contributed by atoms with Gasteiger partial charge < -0.3 is 4.74 Å². The van der Waals surface area contributed by atoms with Crippen LogP contribution in [0.5, 0.6) is 0 Å². The Morgan fingerprint density at radius 2 is 2.40 bits per heavy atom. The Morgan fingerprint density at radius 1 is 1.60 bits per heavy atom. The maximum absolute atomic E-state index is 11.5. The largest absolute Gasteiger partial charge is 0.461 e. The topological polar surface area (TPSA) is 43.6 Å². The maximum Gasteiger partial charge on any atom is 0.360 e. The summed E-state index contributed by atoms with van der Waals surface area (Å²) in [6.45, 7) is 2.05. The van der Waals surface area contributed by atoms with Crippen molar-refractivity contribution in [2.45, 2.75) is 6.92 Å². The minimum absolute atomic E-state index is 0.157. The lowest BCUT2D eigenvalue weighted by molar-refractivity contribution is 0.0520. The number of carbonyl (C=O) groups is 1. The van der Waals surface area contributed by atoms with E-state index in [9.17, 15) is 4.79 Å². The zero-order chi connectivity index (χ0) is 10.8. The first kappa shape index (κ1) is 9.98. The van der Waals surface area contributed by atoms with Gasteiger partial charge in [0, 0.05) is 6.20 Å². The van der Waals surface area contributed by atoms with Crippen molar-refractivity contribution >= 4 is 23.2 Å². The second-order valence-corrected chi connectivity index (χ2v) is 3.26. The molecule has 0 saturated carbocycles. The molecule has 2 rings (SSSR count). The summed E-state index contributed by atoms with van der Waals surface area (Å²) in [6, 6.07) is 5.41. The van der Waals surface area contributed by atoms with E-state index in [2.05, 4.69) is 4.98 Å². The van der Waals surface area contributed by atoms with Crippen molar-refractivity contribution in [3.05, 3.63) is 35.2 Å². The Morgan fingerprint density at radius 3 is 3.07 bits per heavy atom. The number of fused-ring (bicyclic) bond motifs is 1. The Kier molecular flexibility index (Phi) is 2.60. The van der Waals surface area contributed by atoms with Crippen LogP contribution in [0, 0.1) is 0 Å². The second-order valence-electron chi connectivity index (χ2n) is 2.90. The fourth-order valence-electron chi connectivity index (χ4n) is 1.30. The number of carbonyl (C=O) groups excluding carboxylic acids is 1. The van der Waals surface area contributed by atoms with Crippen LogP contribution in [0.3, 0.4) is 0 Å². The molecular formula is C10H9ClN2O2. The Bertz CT molecular complexity index is 507. The number of pyridine rings is 1. The van der Waals surface area contributed by atoms with E-state index in [-0.39, 0.29) is 10.8 Å². The maximum atomic E-state index is 11.5. The number of imidazole rings is 1. The Labute approximate surface area is 91.4 Å². The van der Waals surface area contributed by atoms with Crippen molar-refractivity contribution in [1.82, 2.24) is 9.38 Å². The molecule has 2 heterocycles. The molecule has 0 atom stereocenters. The van der Waals surface area contributed by atoms with Crippen molar-refractivity contribution in [2.75, 3.05) is 6.61 Å². The third-order valence-electron chi connectivity index (χ3n) is 1.94. The van der Waals surface area contributed by atoms with Crippen molar-refractivity contribution in [3.8, 4) is 0 Å². The molecule has 4 nitrogen and oxygen atoms in total. The van der Waals surface area contributed by atoms with E-state index in [1.807, 2.05) is 12.1 Å². The van der Waals surface area contributed by atoms with Gasteiger partial charge in [0.25, 0.3) is 0 Å². The standard InChI is InChI=1S/C10H9ClN2O2/c1-2-15-10(14)8-9(11)13-6-4-3-5-7(13)12-8/h3-6H,2H2,1H3. The highest BCUT2D eigenvalue weighted by Crippen LogP contribution is 2.18. The first-order chi connectivity index (χ1) is 7.24. The van der Waals surface area contributed by atoms with Gasteiger partial charge in [-0.15, -0.1) is 0 Å². The summed E-state index contributed by atoms with van der Waals surface area (Å²) in [6.07, 6.45) is 1.74. The number of hydrogen-bond acceptors (Lipinski definition) is 3. The van der Waals surface area contributed by atoms with Crippen LogP contribution in [0.2, 0.25) is 5.15 Å². The van der Waals surface area contributed by atoms with E-state index < -0.39 is 5.97 Å². The van der Waals surface area contributed by atoms with Crippen LogP contribution >= 0.6 is 11.6 Å². The molecule has 0 aromatic carbocycles. The molecule has 0 saturated heterocycles. The van der Waals surface area contributed by atoms with Gasteiger partial charge in [0.15, 0.2) is 5.69 Å². The van der Waals surface area contributed by atoms with E-state index in [1.54, 1.807) is 23.6 Å². The first-order valence-corrected chi connectivity index (χ1v) is 4.91. The van der Waals surface area contributed by atoms with Gasteiger partial charge in [-0.3, -0.25) is 4.40 Å². The summed E-state index contributed by atoms with van der Waals surface area (Å²) in [5, 5.41) is 0.282. The summed E-state index contributed by atoms with van der Waals surface area (Å²) < 4.78 is 6.47. The molecule has 0 amide bonds. The van der Waals surface area contributed by atoms with Crippen molar-refractivity contribution in [2.24, 2.45) is 0 Å². The normalized spacial score (nSPS) is 10.5. The molecule has 0 aliphatic rings. The molecule has 0 spiro atoms. The number of aromatic nitrogens is 2. The minimum Gasteiger partial charge on any atom is -0.461 e. The fourth-order valence-corrected chi connectivity index (χ4v) is 1.56. The van der Waals surface area contributed by atoms with E-state index in [4.69, 9.17) is 16.3 Å². The van der Waals surface area contributed by atoms with Crippen LogP contribution in [0.4, 0.5) is 0 Å². The molecule has 0 unspecified atom stereocenters. The van der Waals surface area contributed by atoms with Gasteiger partial charge in [-0.1, -0.05) is 17.7 Å². The molecule has 0 aliphatic heterocycles. The minimum atomic E-state index is -0.494. The van der Waals surface area contributed by atoms with Gasteiger partial charge in [0.05, 0.1) is 6.61 Å². The lowest BCUT2D eigenvalue weighted by atomic mass is 10.5. The molecule has 2 aromatic rings. The second kappa shape index (κ2) is 3.90. The molecule has 0 radical (unpaired) electrons. The van der Waals surface area contributed by atoms with Gasteiger partial charge in [-0.05, 0) is 19.1 Å². The SMILES string of the molecule is CCOC(=O)c1nc2ccccn2c1Cl. The number of rotatable bonds is 2. The van der Waals surface area contributed by atoms with Gasteiger partial charge in [0.1, 0.15) is 10.8 Å². The third kappa shape index (κ3) is 1.68. The average Bonchev–Trinajstić information content (AvgIpc) is 2.57. The van der Waals surface area contributed by atoms with Gasteiger partial charge in [-0.2, -0.15) is 0 Å². The molecule has 15 heavy (non-hydrogen) atoms.